The Balaban J connectivity index is 1.83. The van der Waals surface area contributed by atoms with Crippen LogP contribution in [0.2, 0.25) is 0 Å². The van der Waals surface area contributed by atoms with Crippen LogP contribution in [-0.4, -0.2) is 67.5 Å². The maximum Gasteiger partial charge on any atom is 0.212 e. The minimum Gasteiger partial charge on any atom is -0.481 e. The number of amidine groups is 1. The van der Waals surface area contributed by atoms with Crippen molar-refractivity contribution in [3.05, 3.63) is 30.6 Å². The number of methoxy groups -OCH3 is 1. The van der Waals surface area contributed by atoms with E-state index in [0.29, 0.717) is 32.0 Å². The van der Waals surface area contributed by atoms with E-state index in [9.17, 15) is 0 Å². The topological polar surface area (TPSA) is 92.1 Å². The van der Waals surface area contributed by atoms with Crippen LogP contribution < -0.4 is 15.0 Å². The summed E-state index contributed by atoms with van der Waals surface area (Å²) in [6.45, 7) is 5.68. The first-order valence-corrected chi connectivity index (χ1v) is 9.99. The van der Waals surface area contributed by atoms with Gasteiger partial charge in [0.05, 0.1) is 43.5 Å². The van der Waals surface area contributed by atoms with E-state index >= 15 is 0 Å². The standard InChI is InChI=1S/C21H29N5O3/c1-3-10-29-11-8-26-15-20(22-7-4-9-27)25-18-14-23-17(12-19(18)26)16-5-6-21(28-2)24-13-16/h5-6,12-14,27H,3-4,7-11,15H2,1-2H3,(H,22,25). The molecule has 2 N–H and O–H groups in total. The Kier molecular flexibility index (Phi) is 7.77. The summed E-state index contributed by atoms with van der Waals surface area (Å²) in [7, 11) is 1.60. The van der Waals surface area contributed by atoms with Gasteiger partial charge in [0, 0.05) is 44.1 Å². The van der Waals surface area contributed by atoms with Crippen LogP contribution >= 0.6 is 0 Å². The molecule has 0 aliphatic carbocycles. The number of hydrogen-bond acceptors (Lipinski definition) is 7. The molecule has 3 rings (SSSR count). The van der Waals surface area contributed by atoms with Gasteiger partial charge >= 0.3 is 0 Å². The first-order chi connectivity index (χ1) is 14.2. The number of aliphatic imine (C=N–C) groups is 1. The van der Waals surface area contributed by atoms with Gasteiger partial charge in [0.1, 0.15) is 5.84 Å². The van der Waals surface area contributed by atoms with E-state index in [1.807, 2.05) is 18.3 Å². The molecule has 0 spiro atoms. The van der Waals surface area contributed by atoms with E-state index in [4.69, 9.17) is 14.6 Å². The van der Waals surface area contributed by atoms with Crippen LogP contribution in [0.15, 0.2) is 35.6 Å². The Hall–Kier alpha value is -2.71. The van der Waals surface area contributed by atoms with E-state index in [2.05, 4.69) is 38.2 Å². The summed E-state index contributed by atoms with van der Waals surface area (Å²) in [5, 5.41) is 12.4. The largest absolute Gasteiger partial charge is 0.481 e. The molecule has 0 unspecified atom stereocenters. The first-order valence-electron chi connectivity index (χ1n) is 9.99. The van der Waals surface area contributed by atoms with Gasteiger partial charge in [-0.2, -0.15) is 0 Å². The molecule has 8 nitrogen and oxygen atoms in total. The molecular weight excluding hydrogens is 370 g/mol. The Labute approximate surface area is 171 Å². The van der Waals surface area contributed by atoms with Crippen LogP contribution in [0.5, 0.6) is 5.88 Å². The fourth-order valence-corrected chi connectivity index (χ4v) is 3.07. The molecule has 0 amide bonds. The number of aliphatic hydroxyl groups is 1. The zero-order chi connectivity index (χ0) is 20.5. The maximum atomic E-state index is 9.00. The predicted molar refractivity (Wildman–Crippen MR) is 115 cm³/mol. The summed E-state index contributed by atoms with van der Waals surface area (Å²) in [6.07, 6.45) is 5.25. The van der Waals surface area contributed by atoms with Crippen molar-refractivity contribution in [2.75, 3.05) is 56.8 Å². The fraction of sp³-hybridized carbons (Fsp3) is 0.476. The molecule has 0 aromatic carbocycles. The SMILES string of the molecule is CCCOCCN1CC(=NCCCO)Nc2cnc(-c3ccc(OC)nc3)cc21. The van der Waals surface area contributed by atoms with Gasteiger partial charge < -0.3 is 24.8 Å². The molecule has 2 aromatic heterocycles. The smallest absolute Gasteiger partial charge is 0.212 e. The Morgan fingerprint density at radius 1 is 1.24 bits per heavy atom. The molecule has 29 heavy (non-hydrogen) atoms. The van der Waals surface area contributed by atoms with Crippen LogP contribution in [0, 0.1) is 0 Å². The number of nitrogens with one attached hydrogen (secondary N) is 1. The minimum absolute atomic E-state index is 0.142. The number of anilines is 2. The average Bonchev–Trinajstić information content (AvgIpc) is 2.76. The first kappa shape index (κ1) is 21.0. The molecule has 0 radical (unpaired) electrons. The molecule has 8 heteroatoms. The minimum atomic E-state index is 0.142. The molecule has 0 fully saturated rings. The van der Waals surface area contributed by atoms with Gasteiger partial charge in [-0.3, -0.25) is 9.98 Å². The van der Waals surface area contributed by atoms with Gasteiger partial charge in [-0.25, -0.2) is 4.98 Å². The molecule has 156 valence electrons. The number of aliphatic hydroxyl groups excluding tert-OH is 1. The molecule has 0 saturated heterocycles. The molecular formula is C21H29N5O3. The highest BCUT2D eigenvalue weighted by molar-refractivity contribution is 6.04. The summed E-state index contributed by atoms with van der Waals surface area (Å²) in [4.78, 5) is 15.7. The molecule has 3 heterocycles. The van der Waals surface area contributed by atoms with Crippen molar-refractivity contribution in [3.63, 3.8) is 0 Å². The van der Waals surface area contributed by atoms with Crippen LogP contribution in [0.1, 0.15) is 19.8 Å². The Bertz CT molecular complexity index is 810. The zero-order valence-electron chi connectivity index (χ0n) is 17.1. The highest BCUT2D eigenvalue weighted by Gasteiger charge is 2.22. The van der Waals surface area contributed by atoms with E-state index in [0.717, 1.165) is 48.0 Å². The van der Waals surface area contributed by atoms with Gasteiger partial charge in [0.2, 0.25) is 5.88 Å². The van der Waals surface area contributed by atoms with Crippen LogP contribution in [0.25, 0.3) is 11.3 Å². The molecule has 1 aliphatic heterocycles. The third kappa shape index (κ3) is 5.65. The van der Waals surface area contributed by atoms with Crippen molar-refractivity contribution in [2.45, 2.75) is 19.8 Å². The van der Waals surface area contributed by atoms with Crippen molar-refractivity contribution in [1.82, 2.24) is 9.97 Å². The second kappa shape index (κ2) is 10.7. The fourth-order valence-electron chi connectivity index (χ4n) is 3.07. The molecule has 0 atom stereocenters. The van der Waals surface area contributed by atoms with Gasteiger partial charge in [0.25, 0.3) is 0 Å². The number of nitrogens with zero attached hydrogens (tertiary/aromatic N) is 4. The third-order valence-electron chi connectivity index (χ3n) is 4.56. The van der Waals surface area contributed by atoms with E-state index < -0.39 is 0 Å². The number of fused-ring (bicyclic) bond motifs is 1. The van der Waals surface area contributed by atoms with Crippen molar-refractivity contribution < 1.29 is 14.6 Å². The lowest BCUT2D eigenvalue weighted by Crippen LogP contribution is -2.40. The zero-order valence-corrected chi connectivity index (χ0v) is 17.1. The average molecular weight is 399 g/mol. The molecule has 2 aromatic rings. The van der Waals surface area contributed by atoms with E-state index in [1.165, 1.54) is 0 Å². The van der Waals surface area contributed by atoms with Crippen LogP contribution in [0.3, 0.4) is 0 Å². The normalized spacial score (nSPS) is 14.6. The van der Waals surface area contributed by atoms with Crippen LogP contribution in [0.4, 0.5) is 11.4 Å². The summed E-state index contributed by atoms with van der Waals surface area (Å²) < 4.78 is 10.8. The van der Waals surface area contributed by atoms with Crippen molar-refractivity contribution in [2.24, 2.45) is 4.99 Å². The lowest BCUT2D eigenvalue weighted by molar-refractivity contribution is 0.141. The van der Waals surface area contributed by atoms with E-state index in [-0.39, 0.29) is 6.61 Å². The second-order valence-corrected chi connectivity index (χ2v) is 6.74. The van der Waals surface area contributed by atoms with Crippen molar-refractivity contribution >= 4 is 17.2 Å². The highest BCUT2D eigenvalue weighted by atomic mass is 16.5. The summed E-state index contributed by atoms with van der Waals surface area (Å²) in [5.74, 6) is 1.45. The second-order valence-electron chi connectivity index (χ2n) is 6.74. The summed E-state index contributed by atoms with van der Waals surface area (Å²) in [6, 6.07) is 5.85. The van der Waals surface area contributed by atoms with Gasteiger partial charge in [-0.05, 0) is 25.0 Å². The summed E-state index contributed by atoms with van der Waals surface area (Å²) in [5.41, 5.74) is 3.76. The van der Waals surface area contributed by atoms with Gasteiger partial charge in [-0.1, -0.05) is 6.92 Å². The van der Waals surface area contributed by atoms with Crippen molar-refractivity contribution in [1.29, 1.82) is 0 Å². The number of aromatic nitrogens is 2. The lowest BCUT2D eigenvalue weighted by atomic mass is 10.1. The number of ether oxygens (including phenoxy) is 2. The summed E-state index contributed by atoms with van der Waals surface area (Å²) >= 11 is 0. The molecule has 0 saturated carbocycles. The monoisotopic (exact) mass is 399 g/mol. The molecule has 1 aliphatic rings. The number of hydrogen-bond donors (Lipinski definition) is 2. The maximum absolute atomic E-state index is 9.00. The third-order valence-corrected chi connectivity index (χ3v) is 4.56. The van der Waals surface area contributed by atoms with Crippen molar-refractivity contribution in [3.8, 4) is 17.1 Å². The van der Waals surface area contributed by atoms with Gasteiger partial charge in [-0.15, -0.1) is 0 Å². The van der Waals surface area contributed by atoms with Gasteiger partial charge in [0.15, 0.2) is 0 Å². The van der Waals surface area contributed by atoms with Crippen LogP contribution in [-0.2, 0) is 4.74 Å². The molecule has 0 bridgehead atoms. The quantitative estimate of drug-likeness (QED) is 0.593. The highest BCUT2D eigenvalue weighted by Crippen LogP contribution is 2.32. The lowest BCUT2D eigenvalue weighted by Gasteiger charge is -2.33. The Morgan fingerprint density at radius 3 is 2.86 bits per heavy atom. The number of rotatable bonds is 10. The van der Waals surface area contributed by atoms with E-state index in [1.54, 1.807) is 13.3 Å². The Morgan fingerprint density at radius 2 is 2.14 bits per heavy atom. The predicted octanol–water partition coefficient (Wildman–Crippen LogP) is 2.59. The number of pyridine rings is 2.